The van der Waals surface area contributed by atoms with Crippen LogP contribution in [0, 0.1) is 0 Å². The normalized spacial score (nSPS) is 11.7. The molecule has 0 atom stereocenters. The van der Waals surface area contributed by atoms with Crippen LogP contribution in [0.25, 0.3) is 0 Å². The van der Waals surface area contributed by atoms with E-state index >= 15 is 0 Å². The van der Waals surface area contributed by atoms with Crippen LogP contribution in [0.15, 0.2) is 0 Å². The number of aliphatic carboxylic acids is 1. The zero-order chi connectivity index (χ0) is 20.1. The molecule has 0 aliphatic carbocycles. The number of unbranched alkanes of at least 4 members (excludes halogenated alkanes) is 9. The molecular formula is C23H51O2P. The van der Waals surface area contributed by atoms with E-state index in [1.165, 1.54) is 70.6 Å². The number of hydrogen-bond donors (Lipinski definition) is 1. The second-order valence-corrected chi connectivity index (χ2v) is 13.5. The van der Waals surface area contributed by atoms with Gasteiger partial charge in [0, 0.05) is 6.42 Å². The molecule has 0 heterocycles. The van der Waals surface area contributed by atoms with Gasteiger partial charge in [-0.05, 0) is 6.42 Å². The molecule has 0 aliphatic heterocycles. The molecule has 0 amide bonds. The van der Waals surface area contributed by atoms with E-state index in [1.54, 1.807) is 18.5 Å². The van der Waals surface area contributed by atoms with Gasteiger partial charge in [0.25, 0.3) is 0 Å². The summed E-state index contributed by atoms with van der Waals surface area (Å²) in [5, 5.41) is 8.35. The summed E-state index contributed by atoms with van der Waals surface area (Å²) in [5.74, 6) is -0.663. The molecule has 0 aromatic rings. The topological polar surface area (TPSA) is 37.3 Å². The van der Waals surface area contributed by atoms with Crippen LogP contribution in [-0.2, 0) is 4.79 Å². The summed E-state index contributed by atoms with van der Waals surface area (Å²) < 4.78 is 0. The molecule has 26 heavy (non-hydrogen) atoms. The molecule has 1 N–H and O–H groups in total. The molecule has 0 fully saturated rings. The van der Waals surface area contributed by atoms with Crippen molar-refractivity contribution < 1.29 is 9.90 Å². The van der Waals surface area contributed by atoms with Crippen molar-refractivity contribution in [3.8, 4) is 0 Å². The van der Waals surface area contributed by atoms with E-state index in [4.69, 9.17) is 5.11 Å². The monoisotopic (exact) mass is 390 g/mol. The van der Waals surface area contributed by atoms with Crippen molar-refractivity contribution in [2.75, 3.05) is 25.2 Å². The van der Waals surface area contributed by atoms with Gasteiger partial charge in [-0.25, -0.2) is 0 Å². The summed E-state index contributed by atoms with van der Waals surface area (Å²) >= 11 is 0. The van der Waals surface area contributed by atoms with Gasteiger partial charge in [0.05, 0.1) is 0 Å². The first-order valence-electron chi connectivity index (χ1n) is 11.7. The predicted molar refractivity (Wildman–Crippen MR) is 124 cm³/mol. The first-order chi connectivity index (χ1) is 12.5. The van der Waals surface area contributed by atoms with E-state index in [2.05, 4.69) is 34.4 Å². The van der Waals surface area contributed by atoms with E-state index in [1.807, 2.05) is 0 Å². The fourth-order valence-corrected chi connectivity index (χ4v) is 7.79. The molecule has 3 heteroatoms. The third-order valence-corrected chi connectivity index (χ3v) is 10.1. The van der Waals surface area contributed by atoms with E-state index < -0.39 is 13.2 Å². The van der Waals surface area contributed by atoms with Gasteiger partial charge in [0.15, 0.2) is 0 Å². The minimum absolute atomic E-state index is 0.341. The first-order valence-corrected chi connectivity index (χ1v) is 14.8. The Morgan fingerprint density at radius 3 is 1.31 bits per heavy atom. The Balaban J connectivity index is 0. The van der Waals surface area contributed by atoms with E-state index in [-0.39, 0.29) is 0 Å². The molecule has 0 spiro atoms. The summed E-state index contributed by atoms with van der Waals surface area (Å²) in [5.41, 5.74) is 0. The van der Waals surface area contributed by atoms with Crippen molar-refractivity contribution in [1.82, 2.24) is 0 Å². The Morgan fingerprint density at radius 1 is 0.615 bits per heavy atom. The zero-order valence-electron chi connectivity index (χ0n) is 18.9. The fraction of sp³-hybridized carbons (Fsp3) is 0.957. The molecular weight excluding hydrogens is 339 g/mol. The van der Waals surface area contributed by atoms with Crippen molar-refractivity contribution in [2.45, 2.75) is 118 Å². The summed E-state index contributed by atoms with van der Waals surface area (Å²) in [7, 11) is -0.812. The average Bonchev–Trinajstić information content (AvgIpc) is 2.63. The van der Waals surface area contributed by atoms with E-state index in [0.717, 1.165) is 12.8 Å². The van der Waals surface area contributed by atoms with Gasteiger partial charge in [0.2, 0.25) is 0 Å². The maximum absolute atomic E-state index is 10.1. The number of hydrogen-bond acceptors (Lipinski definition) is 1. The van der Waals surface area contributed by atoms with Crippen LogP contribution < -0.4 is 0 Å². The van der Waals surface area contributed by atoms with Gasteiger partial charge in [-0.1, -0.05) is 45.4 Å². The van der Waals surface area contributed by atoms with Crippen LogP contribution in [0.5, 0.6) is 0 Å². The minimum atomic E-state index is -0.812. The Kier molecular flexibility index (Phi) is 22.9. The Labute approximate surface area is 166 Å². The summed E-state index contributed by atoms with van der Waals surface area (Å²) in [6, 6.07) is 0. The molecule has 0 saturated heterocycles. The van der Waals surface area contributed by atoms with Crippen LogP contribution in [0.1, 0.15) is 118 Å². The number of carboxylic acid groups (broad SMARTS) is 1. The predicted octanol–water partition coefficient (Wildman–Crippen LogP) is 7.98. The molecule has 0 aromatic heterocycles. The van der Waals surface area contributed by atoms with Crippen LogP contribution in [0.2, 0.25) is 0 Å². The fourth-order valence-electron chi connectivity index (χ4n) is 3.42. The SMILES string of the molecule is CCCCCCCCCC(=O)O.CCCC[PH](C)(CCCC)CCCC. The second kappa shape index (κ2) is 21.2. The standard InChI is InChI=1S/C13H31P.C10H20O2/c1-5-8-11-14(4,12-9-6-2)13-10-7-3;1-2-3-4-5-6-7-8-9-10(11)12/h14H,5-13H2,1-4H3;2-9H2,1H3,(H,11,12). The number of carboxylic acids is 1. The molecule has 0 aromatic carbocycles. The molecule has 0 radical (unpaired) electrons. The summed E-state index contributed by atoms with van der Waals surface area (Å²) in [6.45, 7) is 11.8. The van der Waals surface area contributed by atoms with Crippen molar-refractivity contribution in [2.24, 2.45) is 0 Å². The van der Waals surface area contributed by atoms with Gasteiger partial charge in [0.1, 0.15) is 0 Å². The number of carbonyl (C=O) groups is 1. The van der Waals surface area contributed by atoms with Gasteiger partial charge in [-0.2, -0.15) is 0 Å². The Morgan fingerprint density at radius 2 is 0.962 bits per heavy atom. The van der Waals surface area contributed by atoms with Crippen molar-refractivity contribution in [3.63, 3.8) is 0 Å². The van der Waals surface area contributed by atoms with Crippen LogP contribution in [0.3, 0.4) is 0 Å². The number of rotatable bonds is 17. The van der Waals surface area contributed by atoms with Crippen molar-refractivity contribution in [3.05, 3.63) is 0 Å². The van der Waals surface area contributed by atoms with Gasteiger partial charge >= 0.3 is 97.7 Å². The zero-order valence-corrected chi connectivity index (χ0v) is 19.9. The van der Waals surface area contributed by atoms with Crippen LogP contribution in [0.4, 0.5) is 0 Å². The van der Waals surface area contributed by atoms with Gasteiger partial charge < -0.3 is 5.11 Å². The Hall–Kier alpha value is -0.100. The molecule has 0 saturated carbocycles. The molecule has 0 bridgehead atoms. The summed E-state index contributed by atoms with van der Waals surface area (Å²) in [6.07, 6.45) is 22.0. The second-order valence-electron chi connectivity index (χ2n) is 8.39. The van der Waals surface area contributed by atoms with Gasteiger partial charge in [-0.3, -0.25) is 4.79 Å². The molecule has 160 valence electrons. The van der Waals surface area contributed by atoms with E-state index in [0.29, 0.717) is 6.42 Å². The molecule has 0 rings (SSSR count). The molecule has 2 nitrogen and oxygen atoms in total. The first kappa shape index (κ1) is 28.1. The molecule has 0 unspecified atom stereocenters. The van der Waals surface area contributed by atoms with Crippen LogP contribution in [-0.4, -0.2) is 36.2 Å². The maximum atomic E-state index is 10.1. The van der Waals surface area contributed by atoms with Crippen LogP contribution >= 0.6 is 7.26 Å². The third kappa shape index (κ3) is 21.9. The quantitative estimate of drug-likeness (QED) is 0.202. The van der Waals surface area contributed by atoms with Gasteiger partial charge in [-0.15, -0.1) is 0 Å². The van der Waals surface area contributed by atoms with Crippen molar-refractivity contribution in [1.29, 1.82) is 0 Å². The Bertz CT molecular complexity index is 270. The summed E-state index contributed by atoms with van der Waals surface area (Å²) in [4.78, 5) is 10.1. The average molecular weight is 391 g/mol. The molecule has 0 aliphatic rings. The van der Waals surface area contributed by atoms with E-state index in [9.17, 15) is 4.79 Å². The third-order valence-electron chi connectivity index (χ3n) is 5.40. The van der Waals surface area contributed by atoms with Crippen molar-refractivity contribution >= 4 is 13.2 Å².